The molecule has 0 aromatic carbocycles. The summed E-state index contributed by atoms with van der Waals surface area (Å²) in [7, 11) is -5.02. The van der Waals surface area contributed by atoms with Crippen molar-refractivity contribution in [3.05, 3.63) is 0 Å². The topological polar surface area (TPSA) is 161 Å². The molecule has 3 rings (SSSR count). The second kappa shape index (κ2) is 32.2. The number of rotatable bonds is 28. The monoisotopic (exact) mass is 849 g/mol. The van der Waals surface area contributed by atoms with Gasteiger partial charge in [0, 0.05) is 12.6 Å². The lowest BCUT2D eigenvalue weighted by Crippen LogP contribution is -2.53. The highest BCUT2D eigenvalue weighted by atomic mass is 32.3. The van der Waals surface area contributed by atoms with Crippen molar-refractivity contribution in [2.45, 2.75) is 202 Å². The number of nitrogens with zero attached hydrogens (tertiary/aromatic N) is 4. The Hall–Kier alpha value is -1.55. The van der Waals surface area contributed by atoms with E-state index in [0.717, 1.165) is 25.9 Å². The van der Waals surface area contributed by atoms with Gasteiger partial charge in [0.25, 0.3) is 0 Å². The highest BCUT2D eigenvalue weighted by Crippen LogP contribution is 2.31. The number of fused-ring (bicyclic) bond motifs is 2. The lowest BCUT2D eigenvalue weighted by molar-refractivity contribution is -0.929. The third kappa shape index (κ3) is 21.8. The zero-order valence-corrected chi connectivity index (χ0v) is 39.6. The molecule has 3 aliphatic heterocycles. The largest absolute Gasteiger partial charge is 0.870 e. The van der Waals surface area contributed by atoms with Gasteiger partial charge in [-0.15, -0.1) is 0 Å². The lowest BCUT2D eigenvalue weighted by Gasteiger charge is -2.39. The predicted molar refractivity (Wildman–Crippen MR) is 236 cm³/mol. The summed E-state index contributed by atoms with van der Waals surface area (Å²) in [5, 5.41) is 6.73. The molecule has 3 fully saturated rings. The van der Waals surface area contributed by atoms with Crippen LogP contribution in [0.25, 0.3) is 0 Å². The van der Waals surface area contributed by atoms with E-state index in [1.807, 2.05) is 0 Å². The van der Waals surface area contributed by atoms with E-state index in [0.29, 0.717) is 17.9 Å². The van der Waals surface area contributed by atoms with E-state index in [2.05, 4.69) is 70.3 Å². The fourth-order valence-electron chi connectivity index (χ4n) is 8.65. The van der Waals surface area contributed by atoms with Crippen molar-refractivity contribution in [2.24, 2.45) is 0 Å². The summed E-state index contributed by atoms with van der Waals surface area (Å²) in [5.74, 6) is -0.240. The first-order valence-corrected chi connectivity index (χ1v) is 25.1. The molecule has 0 radical (unpaired) electrons. The van der Waals surface area contributed by atoms with E-state index < -0.39 is 28.5 Å². The molecule has 0 aromatic heterocycles. The average molecular weight is 849 g/mol. The Kier molecular flexibility index (Phi) is 31.3. The van der Waals surface area contributed by atoms with E-state index in [9.17, 15) is 22.6 Å². The second-order valence-electron chi connectivity index (χ2n) is 17.3. The number of urea groups is 1. The van der Waals surface area contributed by atoms with E-state index >= 15 is 0 Å². The fraction of sp³-hybridized carbons (Fsp3) is 0.955. The van der Waals surface area contributed by atoms with E-state index in [1.54, 1.807) is 0 Å². The maximum Gasteiger partial charge on any atom is 0.346 e. The number of unbranched alkanes of at least 4 members (excludes halogenated alkanes) is 8. The van der Waals surface area contributed by atoms with Gasteiger partial charge in [0.15, 0.2) is 0 Å². The van der Waals surface area contributed by atoms with Gasteiger partial charge in [0.1, 0.15) is 6.04 Å². The maximum absolute atomic E-state index is 12.4. The second-order valence-corrected chi connectivity index (χ2v) is 18.3. The predicted octanol–water partition coefficient (Wildman–Crippen LogP) is 8.35. The highest BCUT2D eigenvalue weighted by Gasteiger charge is 2.49. The van der Waals surface area contributed by atoms with Crippen molar-refractivity contribution in [3.63, 3.8) is 0 Å². The van der Waals surface area contributed by atoms with Crippen molar-refractivity contribution in [2.75, 3.05) is 72.0 Å². The van der Waals surface area contributed by atoms with Gasteiger partial charge in [-0.05, 0) is 90.1 Å². The van der Waals surface area contributed by atoms with Crippen LogP contribution in [0.4, 0.5) is 4.79 Å². The minimum atomic E-state index is -5.02. The van der Waals surface area contributed by atoms with Crippen molar-refractivity contribution in [1.82, 2.24) is 20.6 Å². The van der Waals surface area contributed by atoms with Crippen LogP contribution in [0, 0.1) is 0 Å². The number of nitrogens with one attached hydrogen (secondary N) is 2. The van der Waals surface area contributed by atoms with Crippen molar-refractivity contribution < 1.29 is 41.3 Å². The number of amides is 3. The van der Waals surface area contributed by atoms with Gasteiger partial charge in [-0.1, -0.05) is 107 Å². The van der Waals surface area contributed by atoms with Crippen molar-refractivity contribution in [3.8, 4) is 0 Å². The average Bonchev–Trinajstić information content (AvgIpc) is 3.43. The standard InChI is InChI=1S/2C16H36N.C12H20N4O6S.H2O/c2*1-5-9-13-17(14-10-6-2,15-11-7-3)16-12-8-4;17-11(14-8-3-5-13-6-4-8)10-2-1-9-7-15(10)12(18)16(9)22-23(19,20)21;/h2*5-16H2,1-4H3;8-10,13H,1-7H2,(H,14,17)(H,19,20,21);1H2/q2*+1;;/p-2/t;;9-,10+;/m..1./s1. The molecule has 0 saturated carbocycles. The number of carbonyl (C=O) groups excluding carboxylic acids is 2. The molecule has 0 aromatic rings. The molecule has 3 saturated heterocycles. The molecular weight excluding hydrogens is 757 g/mol. The number of carbonyl (C=O) groups is 2. The Morgan fingerprint density at radius 2 is 1.00 bits per heavy atom. The summed E-state index contributed by atoms with van der Waals surface area (Å²) in [4.78, 5) is 25.9. The number of hydrogen-bond acceptors (Lipinski definition) is 8. The Morgan fingerprint density at radius 3 is 1.31 bits per heavy atom. The summed E-state index contributed by atoms with van der Waals surface area (Å²) < 4.78 is 39.2. The number of piperidine rings is 2. The van der Waals surface area contributed by atoms with E-state index in [1.165, 1.54) is 169 Å². The zero-order valence-electron chi connectivity index (χ0n) is 38.7. The highest BCUT2D eigenvalue weighted by molar-refractivity contribution is 7.80. The first-order valence-electron chi connectivity index (χ1n) is 23.8. The van der Waals surface area contributed by atoms with Gasteiger partial charge in [-0.3, -0.25) is 4.79 Å². The molecular formula is C44H92N6O7S. The molecule has 3 heterocycles. The molecule has 14 heteroatoms. The molecule has 2 bridgehead atoms. The van der Waals surface area contributed by atoms with Crippen LogP contribution in [0.15, 0.2) is 0 Å². The van der Waals surface area contributed by atoms with Gasteiger partial charge < -0.3 is 34.5 Å². The van der Waals surface area contributed by atoms with Crippen LogP contribution in [0.1, 0.15) is 184 Å². The quantitative estimate of drug-likeness (QED) is 0.0451. The number of hydrogen-bond donors (Lipinski definition) is 2. The van der Waals surface area contributed by atoms with Gasteiger partial charge in [0.05, 0.1) is 58.4 Å². The Morgan fingerprint density at radius 1 is 0.655 bits per heavy atom. The molecule has 3 amide bonds. The van der Waals surface area contributed by atoms with E-state index in [4.69, 9.17) is 0 Å². The van der Waals surface area contributed by atoms with Crippen molar-refractivity contribution in [1.29, 1.82) is 0 Å². The normalized spacial score (nSPS) is 18.5. The number of quaternary nitrogens is 2. The molecule has 0 unspecified atom stereocenters. The summed E-state index contributed by atoms with van der Waals surface area (Å²) in [6.07, 6.45) is 24.6. The number of hydroxylamine groups is 2. The SMILES string of the molecule is CCCC[N+](CCCC)(CCCC)CCCC.CCCC[N+](CCCC)(CCCC)CCCC.O=C(NC1CCNCC1)[C@@H]1CC[C@@H]2CN1C(=O)N2OS(=O)(=O)[O-].[OH-]. The van der Waals surface area contributed by atoms with Crippen molar-refractivity contribution >= 4 is 22.3 Å². The molecule has 0 aliphatic carbocycles. The zero-order chi connectivity index (χ0) is 42.6. The molecule has 3 N–H and O–H groups in total. The van der Waals surface area contributed by atoms with Gasteiger partial charge in [0.2, 0.25) is 16.3 Å². The van der Waals surface area contributed by atoms with Crippen LogP contribution in [0.5, 0.6) is 0 Å². The minimum absolute atomic E-state index is 0. The van der Waals surface area contributed by atoms with Gasteiger partial charge >= 0.3 is 6.03 Å². The smallest absolute Gasteiger partial charge is 0.346 e. The van der Waals surface area contributed by atoms with Gasteiger partial charge in [-0.2, -0.15) is 9.35 Å². The molecule has 0 spiro atoms. The first kappa shape index (κ1) is 56.5. The lowest BCUT2D eigenvalue weighted by atomic mass is 9.99. The summed E-state index contributed by atoms with van der Waals surface area (Å²) in [6.45, 7) is 31.9. The molecule has 346 valence electrons. The Balaban J connectivity index is 0.000000852. The fourth-order valence-corrected chi connectivity index (χ4v) is 9.04. The van der Waals surface area contributed by atoms with Crippen LogP contribution in [0.3, 0.4) is 0 Å². The Labute approximate surface area is 357 Å². The Bertz CT molecular complexity index is 1050. The van der Waals surface area contributed by atoms with Crippen LogP contribution >= 0.6 is 0 Å². The van der Waals surface area contributed by atoms with Crippen LogP contribution in [-0.2, 0) is 19.5 Å². The molecule has 2 atom stereocenters. The van der Waals surface area contributed by atoms with Crippen LogP contribution < -0.4 is 10.6 Å². The molecule has 58 heavy (non-hydrogen) atoms. The first-order chi connectivity index (χ1) is 27.3. The minimum Gasteiger partial charge on any atom is -0.870 e. The van der Waals surface area contributed by atoms with Gasteiger partial charge in [-0.25, -0.2) is 13.2 Å². The van der Waals surface area contributed by atoms with Crippen LogP contribution in [0.2, 0.25) is 0 Å². The third-order valence-corrected chi connectivity index (χ3v) is 12.7. The summed E-state index contributed by atoms with van der Waals surface area (Å²) >= 11 is 0. The molecule has 13 nitrogen and oxygen atoms in total. The summed E-state index contributed by atoms with van der Waals surface area (Å²) in [5.41, 5.74) is 0. The summed E-state index contributed by atoms with van der Waals surface area (Å²) in [6, 6.07) is -1.85. The van der Waals surface area contributed by atoms with Crippen LogP contribution in [-0.4, -0.2) is 139 Å². The third-order valence-electron chi connectivity index (χ3n) is 12.4. The van der Waals surface area contributed by atoms with E-state index in [-0.39, 0.29) is 24.0 Å². The molecule has 3 aliphatic rings. The maximum atomic E-state index is 12.4.